The van der Waals surface area contributed by atoms with Gasteiger partial charge in [0, 0.05) is 25.2 Å². The minimum Gasteiger partial charge on any atom is -0.481 e. The standard InChI is InChI=1S/C34H44N2O7/c1-7-22(2)28(27(38)21-33(3,4)32(42)43)35-31(41)29(39)34(5,6)36-30(40)25(18-23-14-10-8-11-15-23)20-26(37)19-24-16-12-9-13-17-24/h8-17,22,25,28H,7,18-21H2,1-6H3,(H,35,41)(H,36,40)(H,42,43)/t22-,25+,28?/m0/s1. The van der Waals surface area contributed by atoms with Crippen LogP contribution in [0.25, 0.3) is 0 Å². The number of ketones is 3. The molecular formula is C34H44N2O7. The van der Waals surface area contributed by atoms with Crippen LogP contribution < -0.4 is 10.6 Å². The van der Waals surface area contributed by atoms with Crippen LogP contribution in [-0.2, 0) is 41.6 Å². The highest BCUT2D eigenvalue weighted by Crippen LogP contribution is 2.24. The zero-order chi connectivity index (χ0) is 32.4. The molecule has 1 unspecified atom stereocenters. The van der Waals surface area contributed by atoms with Gasteiger partial charge in [0.2, 0.25) is 11.7 Å². The SMILES string of the molecule is CC[C@H](C)C(NC(=O)C(=O)C(C)(C)NC(=O)[C@@H](CC(=O)Cc1ccccc1)Cc1ccccc1)C(=O)CC(C)(C)C(=O)O. The fraction of sp³-hybridized carbons (Fsp3) is 0.471. The van der Waals surface area contributed by atoms with Crippen LogP contribution in [0.2, 0.25) is 0 Å². The number of amides is 2. The number of rotatable bonds is 17. The van der Waals surface area contributed by atoms with Crippen LogP contribution in [-0.4, -0.2) is 51.8 Å². The number of hydrogen-bond acceptors (Lipinski definition) is 6. The number of carboxylic acid groups (broad SMARTS) is 1. The predicted molar refractivity (Wildman–Crippen MR) is 163 cm³/mol. The maximum absolute atomic E-state index is 13.5. The van der Waals surface area contributed by atoms with Crippen LogP contribution >= 0.6 is 0 Å². The molecule has 0 aromatic heterocycles. The zero-order valence-electron chi connectivity index (χ0n) is 25.9. The molecule has 3 atom stereocenters. The van der Waals surface area contributed by atoms with Crippen molar-refractivity contribution in [2.75, 3.05) is 0 Å². The van der Waals surface area contributed by atoms with Crippen molar-refractivity contribution in [3.63, 3.8) is 0 Å². The molecule has 0 spiro atoms. The van der Waals surface area contributed by atoms with E-state index >= 15 is 0 Å². The zero-order valence-corrected chi connectivity index (χ0v) is 25.9. The average molecular weight is 593 g/mol. The lowest BCUT2D eigenvalue weighted by molar-refractivity contribution is -0.150. The lowest BCUT2D eigenvalue weighted by atomic mass is 9.82. The fourth-order valence-electron chi connectivity index (χ4n) is 4.68. The Morgan fingerprint density at radius 2 is 1.37 bits per heavy atom. The summed E-state index contributed by atoms with van der Waals surface area (Å²) in [6.07, 6.45) is 0.526. The van der Waals surface area contributed by atoms with E-state index in [4.69, 9.17) is 0 Å². The Hall–Kier alpha value is -4.14. The number of carbonyl (C=O) groups excluding carboxylic acids is 5. The molecule has 2 amide bonds. The van der Waals surface area contributed by atoms with Gasteiger partial charge in [0.15, 0.2) is 5.78 Å². The first-order valence-electron chi connectivity index (χ1n) is 14.6. The molecule has 9 nitrogen and oxygen atoms in total. The average Bonchev–Trinajstić information content (AvgIpc) is 2.95. The van der Waals surface area contributed by atoms with Crippen molar-refractivity contribution in [2.45, 2.75) is 85.2 Å². The number of nitrogens with one attached hydrogen (secondary N) is 2. The van der Waals surface area contributed by atoms with Crippen molar-refractivity contribution in [3.8, 4) is 0 Å². The first kappa shape index (κ1) is 35.1. The van der Waals surface area contributed by atoms with E-state index in [1.807, 2.05) is 67.6 Å². The lowest BCUT2D eigenvalue weighted by Gasteiger charge is -2.30. The van der Waals surface area contributed by atoms with Gasteiger partial charge >= 0.3 is 5.97 Å². The molecule has 0 saturated carbocycles. The van der Waals surface area contributed by atoms with Crippen molar-refractivity contribution >= 4 is 35.1 Å². The largest absolute Gasteiger partial charge is 0.481 e. The third kappa shape index (κ3) is 10.6. The summed E-state index contributed by atoms with van der Waals surface area (Å²) in [6, 6.07) is 17.3. The second-order valence-electron chi connectivity index (χ2n) is 12.4. The Labute approximate surface area is 253 Å². The van der Waals surface area contributed by atoms with Gasteiger partial charge < -0.3 is 15.7 Å². The molecule has 0 fully saturated rings. The number of aliphatic carboxylic acids is 1. The first-order chi connectivity index (χ1) is 20.1. The Kier molecular flexibility index (Phi) is 12.5. The van der Waals surface area contributed by atoms with Gasteiger partial charge in [0.1, 0.15) is 11.3 Å². The lowest BCUT2D eigenvalue weighted by Crippen LogP contribution is -2.58. The van der Waals surface area contributed by atoms with Crippen molar-refractivity contribution in [3.05, 3.63) is 71.8 Å². The molecule has 0 saturated heterocycles. The van der Waals surface area contributed by atoms with E-state index in [1.54, 1.807) is 6.92 Å². The molecule has 2 aromatic carbocycles. The molecule has 0 radical (unpaired) electrons. The number of carboxylic acids is 1. The minimum atomic E-state index is -1.65. The van der Waals surface area contributed by atoms with Crippen LogP contribution in [0.5, 0.6) is 0 Å². The molecule has 0 aliphatic rings. The quantitative estimate of drug-likeness (QED) is 0.234. The maximum Gasteiger partial charge on any atom is 0.309 e. The highest BCUT2D eigenvalue weighted by molar-refractivity contribution is 6.40. The summed E-state index contributed by atoms with van der Waals surface area (Å²) in [5, 5.41) is 14.6. The summed E-state index contributed by atoms with van der Waals surface area (Å²) in [6.45, 7) is 9.18. The maximum atomic E-state index is 13.5. The molecular weight excluding hydrogens is 548 g/mol. The molecule has 0 aliphatic heterocycles. The van der Waals surface area contributed by atoms with Gasteiger partial charge in [0.05, 0.1) is 11.5 Å². The summed E-state index contributed by atoms with van der Waals surface area (Å²) in [5.41, 5.74) is -1.33. The Morgan fingerprint density at radius 3 is 1.88 bits per heavy atom. The number of Topliss-reactive ketones (excluding diaryl/α,β-unsaturated/α-hetero) is 3. The number of benzene rings is 2. The van der Waals surface area contributed by atoms with Gasteiger partial charge in [-0.15, -0.1) is 0 Å². The van der Waals surface area contributed by atoms with Gasteiger partial charge in [-0.05, 0) is 51.2 Å². The van der Waals surface area contributed by atoms with Gasteiger partial charge in [-0.25, -0.2) is 0 Å². The monoisotopic (exact) mass is 592 g/mol. The Balaban J connectivity index is 2.19. The highest BCUT2D eigenvalue weighted by atomic mass is 16.4. The van der Waals surface area contributed by atoms with E-state index in [-0.39, 0.29) is 37.4 Å². The van der Waals surface area contributed by atoms with E-state index in [0.717, 1.165) is 11.1 Å². The molecule has 2 aromatic rings. The normalized spacial score (nSPS) is 13.7. The molecule has 2 rings (SSSR count). The first-order valence-corrected chi connectivity index (χ1v) is 14.6. The van der Waals surface area contributed by atoms with E-state index < -0.39 is 52.3 Å². The smallest absolute Gasteiger partial charge is 0.309 e. The van der Waals surface area contributed by atoms with Crippen LogP contribution in [0.15, 0.2) is 60.7 Å². The molecule has 3 N–H and O–H groups in total. The highest BCUT2D eigenvalue weighted by Gasteiger charge is 2.40. The van der Waals surface area contributed by atoms with E-state index in [9.17, 15) is 33.9 Å². The van der Waals surface area contributed by atoms with Crippen molar-refractivity contribution < 1.29 is 33.9 Å². The number of hydrogen-bond donors (Lipinski definition) is 3. The summed E-state index contributed by atoms with van der Waals surface area (Å²) in [5.74, 6) is -5.51. The van der Waals surface area contributed by atoms with E-state index in [1.165, 1.54) is 27.7 Å². The van der Waals surface area contributed by atoms with Gasteiger partial charge in [-0.3, -0.25) is 28.8 Å². The van der Waals surface area contributed by atoms with Crippen molar-refractivity contribution in [2.24, 2.45) is 17.3 Å². The molecule has 232 valence electrons. The summed E-state index contributed by atoms with van der Waals surface area (Å²) in [7, 11) is 0. The third-order valence-electron chi connectivity index (χ3n) is 7.67. The Bertz CT molecular complexity index is 1300. The number of carbonyl (C=O) groups is 6. The molecule has 0 aliphatic carbocycles. The second-order valence-corrected chi connectivity index (χ2v) is 12.4. The Morgan fingerprint density at radius 1 is 0.837 bits per heavy atom. The third-order valence-corrected chi connectivity index (χ3v) is 7.67. The van der Waals surface area contributed by atoms with Gasteiger partial charge in [-0.1, -0.05) is 80.9 Å². The second kappa shape index (κ2) is 15.4. The summed E-state index contributed by atoms with van der Waals surface area (Å²) < 4.78 is 0. The fourth-order valence-corrected chi connectivity index (χ4v) is 4.68. The summed E-state index contributed by atoms with van der Waals surface area (Å²) >= 11 is 0. The van der Waals surface area contributed by atoms with Crippen LogP contribution in [0.3, 0.4) is 0 Å². The predicted octanol–water partition coefficient (Wildman–Crippen LogP) is 4.11. The molecule has 0 heterocycles. The van der Waals surface area contributed by atoms with Gasteiger partial charge in [-0.2, -0.15) is 0 Å². The van der Waals surface area contributed by atoms with E-state index in [2.05, 4.69) is 10.6 Å². The van der Waals surface area contributed by atoms with Crippen molar-refractivity contribution in [1.82, 2.24) is 10.6 Å². The van der Waals surface area contributed by atoms with Crippen LogP contribution in [0.1, 0.15) is 71.9 Å². The molecule has 9 heteroatoms. The topological polar surface area (TPSA) is 147 Å². The van der Waals surface area contributed by atoms with Crippen LogP contribution in [0.4, 0.5) is 0 Å². The minimum absolute atomic E-state index is 0.0595. The van der Waals surface area contributed by atoms with E-state index in [0.29, 0.717) is 6.42 Å². The molecule has 0 bridgehead atoms. The summed E-state index contributed by atoms with van der Waals surface area (Å²) in [4.78, 5) is 77.5. The van der Waals surface area contributed by atoms with Gasteiger partial charge in [0.25, 0.3) is 5.91 Å². The van der Waals surface area contributed by atoms with Crippen LogP contribution in [0, 0.1) is 17.3 Å². The van der Waals surface area contributed by atoms with Crippen molar-refractivity contribution in [1.29, 1.82) is 0 Å². The molecule has 43 heavy (non-hydrogen) atoms.